The van der Waals surface area contributed by atoms with Crippen LogP contribution >= 0.6 is 0 Å². The van der Waals surface area contributed by atoms with E-state index in [1.165, 1.54) is 5.56 Å². The highest BCUT2D eigenvalue weighted by Gasteiger charge is 2.37. The molecule has 0 spiro atoms. The summed E-state index contributed by atoms with van der Waals surface area (Å²) in [6.45, 7) is 7.03. The lowest BCUT2D eigenvalue weighted by Gasteiger charge is -2.31. The monoisotopic (exact) mass is 275 g/mol. The zero-order chi connectivity index (χ0) is 14.7. The molecular formula is C17H25NO2. The molecule has 1 aliphatic rings. The first-order valence-electron chi connectivity index (χ1n) is 7.45. The number of benzene rings is 1. The molecule has 20 heavy (non-hydrogen) atoms. The van der Waals surface area contributed by atoms with Gasteiger partial charge in [-0.1, -0.05) is 44.2 Å². The Morgan fingerprint density at radius 1 is 1.25 bits per heavy atom. The molecule has 1 amide bonds. The summed E-state index contributed by atoms with van der Waals surface area (Å²) in [5.74, 6) is 0.739. The van der Waals surface area contributed by atoms with Gasteiger partial charge < -0.3 is 9.64 Å². The maximum atomic E-state index is 12.7. The van der Waals surface area contributed by atoms with E-state index in [1.54, 1.807) is 0 Å². The van der Waals surface area contributed by atoms with Gasteiger partial charge in [-0.05, 0) is 24.8 Å². The molecule has 1 saturated heterocycles. The molecule has 0 radical (unpaired) electrons. The van der Waals surface area contributed by atoms with Gasteiger partial charge in [0, 0.05) is 25.6 Å². The highest BCUT2D eigenvalue weighted by Crippen LogP contribution is 2.32. The van der Waals surface area contributed by atoms with Crippen LogP contribution in [0.25, 0.3) is 0 Å². The third-order valence-corrected chi connectivity index (χ3v) is 4.49. The van der Waals surface area contributed by atoms with Crippen LogP contribution in [0.4, 0.5) is 0 Å². The van der Waals surface area contributed by atoms with E-state index in [1.807, 2.05) is 30.1 Å². The Kier molecular flexibility index (Phi) is 4.81. The molecule has 1 aromatic carbocycles. The number of carbonyl (C=O) groups is 1. The lowest BCUT2D eigenvalue weighted by atomic mass is 9.91. The van der Waals surface area contributed by atoms with Crippen molar-refractivity contribution < 1.29 is 9.53 Å². The minimum absolute atomic E-state index is 0.109. The minimum Gasteiger partial charge on any atom is -0.368 e. The summed E-state index contributed by atoms with van der Waals surface area (Å²) < 4.78 is 5.74. The van der Waals surface area contributed by atoms with Crippen molar-refractivity contribution in [3.63, 3.8) is 0 Å². The zero-order valence-corrected chi connectivity index (χ0v) is 12.9. The second-order valence-corrected chi connectivity index (χ2v) is 6.03. The minimum atomic E-state index is -0.330. The number of rotatable bonds is 4. The second-order valence-electron chi connectivity index (χ2n) is 6.03. The molecule has 3 atom stereocenters. The molecule has 3 unspecified atom stereocenters. The van der Waals surface area contributed by atoms with Gasteiger partial charge in [-0.15, -0.1) is 0 Å². The average molecular weight is 275 g/mol. The van der Waals surface area contributed by atoms with E-state index < -0.39 is 0 Å². The third-order valence-electron chi connectivity index (χ3n) is 4.49. The fraction of sp³-hybridized carbons (Fsp3) is 0.588. The number of nitrogens with zero attached hydrogens (tertiary/aromatic N) is 1. The number of hydrogen-bond acceptors (Lipinski definition) is 2. The first-order chi connectivity index (χ1) is 9.52. The quantitative estimate of drug-likeness (QED) is 0.845. The predicted molar refractivity (Wildman–Crippen MR) is 80.6 cm³/mol. The van der Waals surface area contributed by atoms with Crippen molar-refractivity contribution in [2.45, 2.75) is 45.3 Å². The first-order valence-corrected chi connectivity index (χ1v) is 7.45. The molecule has 1 aliphatic heterocycles. The van der Waals surface area contributed by atoms with E-state index in [0.717, 1.165) is 6.42 Å². The van der Waals surface area contributed by atoms with Crippen molar-refractivity contribution in [1.82, 2.24) is 4.90 Å². The fourth-order valence-electron chi connectivity index (χ4n) is 2.72. The lowest BCUT2D eigenvalue weighted by molar-refractivity contribution is -0.142. The highest BCUT2D eigenvalue weighted by molar-refractivity contribution is 5.82. The van der Waals surface area contributed by atoms with Crippen LogP contribution in [0.2, 0.25) is 0 Å². The Hall–Kier alpha value is -1.35. The predicted octanol–water partition coefficient (Wildman–Crippen LogP) is 3.06. The van der Waals surface area contributed by atoms with Crippen molar-refractivity contribution in [2.75, 3.05) is 13.7 Å². The van der Waals surface area contributed by atoms with Crippen LogP contribution < -0.4 is 0 Å². The topological polar surface area (TPSA) is 29.5 Å². The summed E-state index contributed by atoms with van der Waals surface area (Å²) in [7, 11) is 1.89. The van der Waals surface area contributed by atoms with E-state index in [9.17, 15) is 4.79 Å². The van der Waals surface area contributed by atoms with Crippen LogP contribution in [0.3, 0.4) is 0 Å². The van der Waals surface area contributed by atoms with Crippen molar-refractivity contribution in [3.8, 4) is 0 Å². The highest BCUT2D eigenvalue weighted by atomic mass is 16.5. The Balaban J connectivity index is 2.13. The van der Waals surface area contributed by atoms with Crippen LogP contribution in [0.15, 0.2) is 30.3 Å². The van der Waals surface area contributed by atoms with Gasteiger partial charge in [0.05, 0.1) is 0 Å². The van der Waals surface area contributed by atoms with Gasteiger partial charge in [-0.3, -0.25) is 4.79 Å². The van der Waals surface area contributed by atoms with Crippen LogP contribution in [0.1, 0.15) is 38.7 Å². The SMILES string of the molecule is CC(C)C(C)N(C)C(=O)C1OCCC1c1ccccc1. The standard InChI is InChI=1S/C17H25NO2/c1-12(2)13(3)18(4)17(19)16-15(10-11-20-16)14-8-6-5-7-9-14/h5-9,12-13,15-16H,10-11H2,1-4H3. The molecule has 1 aromatic rings. The largest absolute Gasteiger partial charge is 0.368 e. The van der Waals surface area contributed by atoms with Gasteiger partial charge in [0.1, 0.15) is 6.10 Å². The molecule has 1 fully saturated rings. The van der Waals surface area contributed by atoms with Gasteiger partial charge in [0.25, 0.3) is 5.91 Å². The van der Waals surface area contributed by atoms with Gasteiger partial charge in [0.2, 0.25) is 0 Å². The number of amides is 1. The molecule has 0 aromatic heterocycles. The Bertz CT molecular complexity index is 444. The number of hydrogen-bond donors (Lipinski definition) is 0. The molecule has 0 bridgehead atoms. The summed E-state index contributed by atoms with van der Waals surface area (Å²) in [4.78, 5) is 14.5. The fourth-order valence-corrected chi connectivity index (χ4v) is 2.72. The molecule has 0 saturated carbocycles. The van der Waals surface area contributed by atoms with Crippen LogP contribution in [-0.2, 0) is 9.53 Å². The Morgan fingerprint density at radius 3 is 2.50 bits per heavy atom. The zero-order valence-electron chi connectivity index (χ0n) is 12.9. The van der Waals surface area contributed by atoms with E-state index >= 15 is 0 Å². The molecule has 0 aliphatic carbocycles. The van der Waals surface area contributed by atoms with Crippen molar-refractivity contribution >= 4 is 5.91 Å². The Labute approximate surface area is 121 Å². The molecule has 3 nitrogen and oxygen atoms in total. The maximum Gasteiger partial charge on any atom is 0.252 e. The van der Waals surface area contributed by atoms with Crippen molar-refractivity contribution in [2.24, 2.45) is 5.92 Å². The lowest BCUT2D eigenvalue weighted by Crippen LogP contribution is -2.45. The normalized spacial score (nSPS) is 23.9. The molecular weight excluding hydrogens is 250 g/mol. The summed E-state index contributed by atoms with van der Waals surface area (Å²) >= 11 is 0. The molecule has 110 valence electrons. The van der Waals surface area contributed by atoms with E-state index in [-0.39, 0.29) is 24.0 Å². The average Bonchev–Trinajstić information content (AvgIpc) is 2.95. The van der Waals surface area contributed by atoms with Crippen molar-refractivity contribution in [3.05, 3.63) is 35.9 Å². The van der Waals surface area contributed by atoms with Gasteiger partial charge in [-0.25, -0.2) is 0 Å². The molecule has 2 rings (SSSR count). The van der Waals surface area contributed by atoms with E-state index in [2.05, 4.69) is 32.9 Å². The van der Waals surface area contributed by atoms with Gasteiger partial charge in [-0.2, -0.15) is 0 Å². The Morgan fingerprint density at radius 2 is 1.90 bits per heavy atom. The summed E-state index contributed by atoms with van der Waals surface area (Å²) in [6.07, 6.45) is 0.591. The van der Waals surface area contributed by atoms with Crippen LogP contribution in [0, 0.1) is 5.92 Å². The smallest absolute Gasteiger partial charge is 0.252 e. The number of ether oxygens (including phenoxy) is 1. The maximum absolute atomic E-state index is 12.7. The van der Waals surface area contributed by atoms with Crippen LogP contribution in [0.5, 0.6) is 0 Å². The summed E-state index contributed by atoms with van der Waals surface area (Å²) in [5, 5.41) is 0. The van der Waals surface area contributed by atoms with Gasteiger partial charge >= 0.3 is 0 Å². The van der Waals surface area contributed by atoms with E-state index in [0.29, 0.717) is 12.5 Å². The molecule has 1 heterocycles. The first kappa shape index (κ1) is 15.0. The number of carbonyl (C=O) groups excluding carboxylic acids is 1. The summed E-state index contributed by atoms with van der Waals surface area (Å²) in [6, 6.07) is 10.5. The van der Waals surface area contributed by atoms with Gasteiger partial charge in [0.15, 0.2) is 0 Å². The van der Waals surface area contributed by atoms with Crippen molar-refractivity contribution in [1.29, 1.82) is 0 Å². The molecule has 0 N–H and O–H groups in total. The third kappa shape index (κ3) is 3.04. The molecule has 3 heteroatoms. The second kappa shape index (κ2) is 6.40. The summed E-state index contributed by atoms with van der Waals surface area (Å²) in [5.41, 5.74) is 1.20. The van der Waals surface area contributed by atoms with E-state index in [4.69, 9.17) is 4.74 Å². The number of likely N-dealkylation sites (N-methyl/N-ethyl adjacent to an activating group) is 1. The van der Waals surface area contributed by atoms with Crippen LogP contribution in [-0.4, -0.2) is 36.6 Å².